The number of aromatic nitrogens is 2. The summed E-state index contributed by atoms with van der Waals surface area (Å²) in [7, 11) is 0. The van der Waals surface area contributed by atoms with Crippen LogP contribution in [0.1, 0.15) is 44.3 Å². The molecule has 3 rings (SSSR count). The van der Waals surface area contributed by atoms with Gasteiger partial charge in [0, 0.05) is 31.4 Å². The van der Waals surface area contributed by atoms with Gasteiger partial charge in [0.05, 0.1) is 6.54 Å². The Bertz CT molecular complexity index is 427. The summed E-state index contributed by atoms with van der Waals surface area (Å²) in [4.78, 5) is 21.6. The van der Waals surface area contributed by atoms with E-state index < -0.39 is 0 Å². The van der Waals surface area contributed by atoms with Crippen molar-refractivity contribution in [3.8, 4) is 0 Å². The van der Waals surface area contributed by atoms with E-state index in [2.05, 4.69) is 20.2 Å². The number of H-pyrrole nitrogens is 1. The second kappa shape index (κ2) is 6.39. The van der Waals surface area contributed by atoms with Crippen LogP contribution in [0.15, 0.2) is 12.4 Å². The van der Waals surface area contributed by atoms with Crippen LogP contribution in [-0.2, 0) is 11.3 Å². The van der Waals surface area contributed by atoms with E-state index in [0.717, 1.165) is 31.9 Å². The SMILES string of the molecule is O=C(CCC1CCCN(Cc2ncc[nH]2)C1)NC1CC1. The number of hydrogen-bond donors (Lipinski definition) is 2. The third kappa shape index (κ3) is 4.07. The van der Waals surface area contributed by atoms with Gasteiger partial charge in [-0.05, 0) is 44.6 Å². The molecular weight excluding hydrogens is 252 g/mol. The van der Waals surface area contributed by atoms with Crippen molar-refractivity contribution in [1.82, 2.24) is 20.2 Å². The molecule has 1 aliphatic carbocycles. The first-order valence-electron chi connectivity index (χ1n) is 7.79. The van der Waals surface area contributed by atoms with Crippen LogP contribution < -0.4 is 5.32 Å². The minimum absolute atomic E-state index is 0.246. The maximum absolute atomic E-state index is 11.7. The summed E-state index contributed by atoms with van der Waals surface area (Å²) in [6.45, 7) is 3.14. The van der Waals surface area contributed by atoms with Crippen LogP contribution in [0.5, 0.6) is 0 Å². The lowest BCUT2D eigenvalue weighted by Gasteiger charge is -2.32. The Hall–Kier alpha value is -1.36. The van der Waals surface area contributed by atoms with Crippen molar-refractivity contribution in [2.24, 2.45) is 5.92 Å². The molecule has 20 heavy (non-hydrogen) atoms. The highest BCUT2D eigenvalue weighted by molar-refractivity contribution is 5.76. The molecule has 2 aliphatic rings. The van der Waals surface area contributed by atoms with E-state index in [-0.39, 0.29) is 5.91 Å². The van der Waals surface area contributed by atoms with Crippen LogP contribution >= 0.6 is 0 Å². The molecule has 2 N–H and O–H groups in total. The third-order valence-corrected chi connectivity index (χ3v) is 4.25. The van der Waals surface area contributed by atoms with Gasteiger partial charge < -0.3 is 10.3 Å². The molecular formula is C15H24N4O. The lowest BCUT2D eigenvalue weighted by atomic mass is 9.93. The number of nitrogens with one attached hydrogen (secondary N) is 2. The monoisotopic (exact) mass is 276 g/mol. The van der Waals surface area contributed by atoms with E-state index in [1.54, 1.807) is 6.20 Å². The van der Waals surface area contributed by atoms with Crippen molar-refractivity contribution in [2.45, 2.75) is 51.1 Å². The Kier molecular flexibility index (Phi) is 4.35. The molecule has 1 aromatic heterocycles. The Morgan fingerprint density at radius 3 is 3.10 bits per heavy atom. The molecule has 0 radical (unpaired) electrons. The van der Waals surface area contributed by atoms with Crippen LogP contribution in [0.3, 0.4) is 0 Å². The van der Waals surface area contributed by atoms with E-state index >= 15 is 0 Å². The van der Waals surface area contributed by atoms with Gasteiger partial charge in [0.15, 0.2) is 0 Å². The number of aromatic amines is 1. The molecule has 1 aromatic rings. The van der Waals surface area contributed by atoms with Crippen LogP contribution in [0.25, 0.3) is 0 Å². The number of piperidine rings is 1. The van der Waals surface area contributed by atoms with Crippen molar-refractivity contribution in [2.75, 3.05) is 13.1 Å². The molecule has 2 heterocycles. The summed E-state index contributed by atoms with van der Waals surface area (Å²) in [5.74, 6) is 1.94. The molecule has 1 aliphatic heterocycles. The molecule has 1 atom stereocenters. The summed E-state index contributed by atoms with van der Waals surface area (Å²) in [5, 5.41) is 3.07. The van der Waals surface area contributed by atoms with Gasteiger partial charge in [0.2, 0.25) is 5.91 Å². The second-order valence-corrected chi connectivity index (χ2v) is 6.16. The fourth-order valence-corrected chi connectivity index (χ4v) is 2.99. The van der Waals surface area contributed by atoms with E-state index in [4.69, 9.17) is 0 Å². The fourth-order valence-electron chi connectivity index (χ4n) is 2.99. The Morgan fingerprint density at radius 1 is 1.45 bits per heavy atom. The summed E-state index contributed by atoms with van der Waals surface area (Å²) >= 11 is 0. The fraction of sp³-hybridized carbons (Fsp3) is 0.733. The van der Waals surface area contributed by atoms with E-state index in [1.165, 1.54) is 25.7 Å². The van der Waals surface area contributed by atoms with E-state index in [0.29, 0.717) is 18.4 Å². The minimum atomic E-state index is 0.246. The Labute approximate surface area is 120 Å². The average Bonchev–Trinajstić information content (AvgIpc) is 3.11. The summed E-state index contributed by atoms with van der Waals surface area (Å²) in [5.41, 5.74) is 0. The number of carbonyl (C=O) groups is 1. The van der Waals surface area contributed by atoms with E-state index in [1.807, 2.05) is 6.20 Å². The lowest BCUT2D eigenvalue weighted by molar-refractivity contribution is -0.121. The van der Waals surface area contributed by atoms with E-state index in [9.17, 15) is 4.79 Å². The van der Waals surface area contributed by atoms with Gasteiger partial charge in [-0.25, -0.2) is 4.98 Å². The number of imidazole rings is 1. The smallest absolute Gasteiger partial charge is 0.220 e. The van der Waals surface area contributed by atoms with Crippen molar-refractivity contribution in [3.63, 3.8) is 0 Å². The number of rotatable bonds is 6. The zero-order valence-corrected chi connectivity index (χ0v) is 12.0. The summed E-state index contributed by atoms with van der Waals surface area (Å²) in [6.07, 6.45) is 10.2. The molecule has 0 spiro atoms. The van der Waals surface area contributed by atoms with Crippen LogP contribution in [0.4, 0.5) is 0 Å². The average molecular weight is 276 g/mol. The third-order valence-electron chi connectivity index (χ3n) is 4.25. The number of amides is 1. The first-order valence-corrected chi connectivity index (χ1v) is 7.79. The molecule has 2 fully saturated rings. The Balaban J connectivity index is 1.39. The van der Waals surface area contributed by atoms with Crippen LogP contribution in [-0.4, -0.2) is 39.9 Å². The molecule has 1 amide bonds. The van der Waals surface area contributed by atoms with Crippen molar-refractivity contribution >= 4 is 5.91 Å². The first kappa shape index (κ1) is 13.6. The van der Waals surface area contributed by atoms with Gasteiger partial charge in [-0.3, -0.25) is 9.69 Å². The normalized spacial score (nSPS) is 23.7. The highest BCUT2D eigenvalue weighted by atomic mass is 16.1. The first-order chi connectivity index (χ1) is 9.79. The van der Waals surface area contributed by atoms with Crippen LogP contribution in [0.2, 0.25) is 0 Å². The predicted octanol–water partition coefficient (Wildman–Crippen LogP) is 1.68. The largest absolute Gasteiger partial charge is 0.353 e. The predicted molar refractivity (Wildman–Crippen MR) is 77.0 cm³/mol. The van der Waals surface area contributed by atoms with Gasteiger partial charge in [0.25, 0.3) is 0 Å². The zero-order valence-electron chi connectivity index (χ0n) is 12.0. The maximum atomic E-state index is 11.7. The molecule has 0 bridgehead atoms. The van der Waals surface area contributed by atoms with Crippen molar-refractivity contribution in [1.29, 1.82) is 0 Å². The van der Waals surface area contributed by atoms with Crippen molar-refractivity contribution < 1.29 is 4.79 Å². The standard InChI is InChI=1S/C15H24N4O/c20-15(18-13-4-5-13)6-3-12-2-1-9-19(10-12)11-14-16-7-8-17-14/h7-8,12-13H,1-6,9-11H2,(H,16,17)(H,18,20). The molecule has 1 saturated heterocycles. The molecule has 5 heteroatoms. The van der Waals surface area contributed by atoms with Gasteiger partial charge in [-0.15, -0.1) is 0 Å². The second-order valence-electron chi connectivity index (χ2n) is 6.16. The highest BCUT2D eigenvalue weighted by Crippen LogP contribution is 2.23. The van der Waals surface area contributed by atoms with Crippen LogP contribution in [0, 0.1) is 5.92 Å². The summed E-state index contributed by atoms with van der Waals surface area (Å²) in [6, 6.07) is 0.490. The lowest BCUT2D eigenvalue weighted by Crippen LogP contribution is -2.36. The van der Waals surface area contributed by atoms with Gasteiger partial charge in [-0.1, -0.05) is 0 Å². The zero-order chi connectivity index (χ0) is 13.8. The summed E-state index contributed by atoms with van der Waals surface area (Å²) < 4.78 is 0. The quantitative estimate of drug-likeness (QED) is 0.831. The molecule has 1 saturated carbocycles. The van der Waals surface area contributed by atoms with Gasteiger partial charge in [0.1, 0.15) is 5.82 Å². The van der Waals surface area contributed by atoms with Gasteiger partial charge in [-0.2, -0.15) is 0 Å². The number of carbonyl (C=O) groups excluding carboxylic acids is 1. The number of hydrogen-bond acceptors (Lipinski definition) is 3. The topological polar surface area (TPSA) is 61.0 Å². The Morgan fingerprint density at radius 2 is 2.35 bits per heavy atom. The van der Waals surface area contributed by atoms with Gasteiger partial charge >= 0.3 is 0 Å². The number of nitrogens with zero attached hydrogens (tertiary/aromatic N) is 2. The molecule has 110 valence electrons. The maximum Gasteiger partial charge on any atom is 0.220 e. The molecule has 1 unspecified atom stereocenters. The van der Waals surface area contributed by atoms with Crippen molar-refractivity contribution in [3.05, 3.63) is 18.2 Å². The molecule has 5 nitrogen and oxygen atoms in total. The molecule has 0 aromatic carbocycles. The highest BCUT2D eigenvalue weighted by Gasteiger charge is 2.25. The minimum Gasteiger partial charge on any atom is -0.353 e. The number of likely N-dealkylation sites (tertiary alicyclic amines) is 1.